The van der Waals surface area contributed by atoms with Gasteiger partial charge in [0.1, 0.15) is 19.0 Å². The zero-order valence-electron chi connectivity index (χ0n) is 18.8. The van der Waals surface area contributed by atoms with E-state index in [0.29, 0.717) is 30.7 Å². The molecule has 0 amide bonds. The molecule has 1 aliphatic rings. The van der Waals surface area contributed by atoms with Gasteiger partial charge in [-0.15, -0.1) is 0 Å². The SMILES string of the molecule is CN1c2cc(-c3ccc(OCc4ccccc4)nc3OCc3ccccc3)ccc2OC1C=O. The molecular formula is C28H24N2O4. The molecule has 0 N–H and O–H groups in total. The van der Waals surface area contributed by atoms with Gasteiger partial charge in [0.2, 0.25) is 18.0 Å². The van der Waals surface area contributed by atoms with Crippen LogP contribution in [-0.2, 0) is 18.0 Å². The van der Waals surface area contributed by atoms with Gasteiger partial charge in [0.25, 0.3) is 0 Å². The summed E-state index contributed by atoms with van der Waals surface area (Å²) in [6.45, 7) is 0.795. The Morgan fingerprint density at radius 3 is 2.24 bits per heavy atom. The molecule has 0 fully saturated rings. The normalized spacial score (nSPS) is 14.3. The van der Waals surface area contributed by atoms with Crippen molar-refractivity contribution in [2.24, 2.45) is 0 Å². The quantitative estimate of drug-likeness (QED) is 0.340. The molecule has 1 aliphatic heterocycles. The van der Waals surface area contributed by atoms with Gasteiger partial charge in [-0.2, -0.15) is 4.98 Å². The first-order valence-electron chi connectivity index (χ1n) is 11.0. The third kappa shape index (κ3) is 4.57. The van der Waals surface area contributed by atoms with Crippen molar-refractivity contribution in [3.05, 3.63) is 102 Å². The van der Waals surface area contributed by atoms with Gasteiger partial charge in [0.15, 0.2) is 6.29 Å². The summed E-state index contributed by atoms with van der Waals surface area (Å²) in [5, 5.41) is 0. The number of carbonyl (C=O) groups excluding carboxylic acids is 1. The number of hydrogen-bond acceptors (Lipinski definition) is 6. The van der Waals surface area contributed by atoms with Crippen molar-refractivity contribution in [2.45, 2.75) is 19.4 Å². The minimum absolute atomic E-state index is 0.379. The lowest BCUT2D eigenvalue weighted by atomic mass is 10.1. The van der Waals surface area contributed by atoms with Gasteiger partial charge in [0.05, 0.1) is 5.69 Å². The molecule has 5 rings (SSSR count). The Morgan fingerprint density at radius 1 is 0.882 bits per heavy atom. The number of hydrogen-bond donors (Lipinski definition) is 0. The predicted molar refractivity (Wildman–Crippen MR) is 130 cm³/mol. The van der Waals surface area contributed by atoms with E-state index in [0.717, 1.165) is 34.2 Å². The monoisotopic (exact) mass is 452 g/mol. The molecule has 170 valence electrons. The summed E-state index contributed by atoms with van der Waals surface area (Å²) >= 11 is 0. The van der Waals surface area contributed by atoms with Crippen molar-refractivity contribution >= 4 is 12.0 Å². The number of aromatic nitrogens is 1. The van der Waals surface area contributed by atoms with E-state index in [1.807, 2.05) is 98.0 Å². The fraction of sp³-hybridized carbons (Fsp3) is 0.143. The van der Waals surface area contributed by atoms with E-state index in [4.69, 9.17) is 14.2 Å². The molecule has 1 unspecified atom stereocenters. The molecule has 3 aromatic carbocycles. The Balaban J connectivity index is 1.44. The van der Waals surface area contributed by atoms with Crippen LogP contribution in [0.5, 0.6) is 17.5 Å². The van der Waals surface area contributed by atoms with Crippen LogP contribution in [0.1, 0.15) is 11.1 Å². The molecule has 0 aliphatic carbocycles. The summed E-state index contributed by atoms with van der Waals surface area (Å²) in [4.78, 5) is 17.8. The van der Waals surface area contributed by atoms with Crippen LogP contribution in [0.3, 0.4) is 0 Å². The summed E-state index contributed by atoms with van der Waals surface area (Å²) in [5.74, 6) is 1.63. The van der Waals surface area contributed by atoms with E-state index in [1.165, 1.54) is 0 Å². The minimum atomic E-state index is -0.620. The number of aldehydes is 1. The van der Waals surface area contributed by atoms with Crippen molar-refractivity contribution in [3.63, 3.8) is 0 Å². The summed E-state index contributed by atoms with van der Waals surface area (Å²) in [6.07, 6.45) is 0.167. The second-order valence-electron chi connectivity index (χ2n) is 7.99. The number of likely N-dealkylation sites (N-methyl/N-ethyl adjacent to an activating group) is 1. The summed E-state index contributed by atoms with van der Waals surface area (Å²) in [5.41, 5.74) is 4.68. The highest BCUT2D eigenvalue weighted by Crippen LogP contribution is 2.41. The number of pyridine rings is 1. The van der Waals surface area contributed by atoms with E-state index < -0.39 is 6.23 Å². The standard InChI is InChI=1S/C28H24N2O4/c1-30-24-16-22(12-14-25(24)34-27(30)17-31)23-13-15-26(32-18-20-8-4-2-5-9-20)29-28(23)33-19-21-10-6-3-7-11-21/h2-17,27H,18-19H2,1H3. The minimum Gasteiger partial charge on any atom is -0.473 e. The molecule has 2 heterocycles. The van der Waals surface area contributed by atoms with Gasteiger partial charge in [0, 0.05) is 18.7 Å². The van der Waals surface area contributed by atoms with Crippen LogP contribution in [0.4, 0.5) is 5.69 Å². The zero-order chi connectivity index (χ0) is 23.3. The number of anilines is 1. The maximum absolute atomic E-state index is 11.3. The lowest BCUT2D eigenvalue weighted by molar-refractivity contribution is -0.113. The maximum Gasteiger partial charge on any atom is 0.228 e. The number of benzene rings is 3. The molecule has 4 aromatic rings. The van der Waals surface area contributed by atoms with Gasteiger partial charge < -0.3 is 19.1 Å². The van der Waals surface area contributed by atoms with Crippen molar-refractivity contribution in [3.8, 4) is 28.6 Å². The Bertz CT molecular complexity index is 1280. The Hall–Kier alpha value is -4.32. The average Bonchev–Trinajstić information content (AvgIpc) is 3.22. The highest BCUT2D eigenvalue weighted by Gasteiger charge is 2.28. The van der Waals surface area contributed by atoms with E-state index in [2.05, 4.69) is 4.98 Å². The van der Waals surface area contributed by atoms with Crippen LogP contribution in [0, 0.1) is 0 Å². The van der Waals surface area contributed by atoms with E-state index in [-0.39, 0.29) is 0 Å². The summed E-state index contributed by atoms with van der Waals surface area (Å²) in [7, 11) is 1.83. The second kappa shape index (κ2) is 9.67. The Morgan fingerprint density at radius 2 is 1.56 bits per heavy atom. The van der Waals surface area contributed by atoms with Gasteiger partial charge >= 0.3 is 0 Å². The van der Waals surface area contributed by atoms with E-state index in [1.54, 1.807) is 4.90 Å². The number of ether oxygens (including phenoxy) is 3. The number of fused-ring (bicyclic) bond motifs is 1. The van der Waals surface area contributed by atoms with Crippen LogP contribution < -0.4 is 19.1 Å². The van der Waals surface area contributed by atoms with E-state index >= 15 is 0 Å². The van der Waals surface area contributed by atoms with Crippen LogP contribution >= 0.6 is 0 Å². The molecule has 0 saturated carbocycles. The van der Waals surface area contributed by atoms with Crippen LogP contribution in [0.25, 0.3) is 11.1 Å². The Kier molecular flexibility index (Phi) is 6.12. The van der Waals surface area contributed by atoms with Crippen LogP contribution in [-0.4, -0.2) is 24.5 Å². The number of nitrogens with zero attached hydrogens (tertiary/aromatic N) is 2. The van der Waals surface area contributed by atoms with Gasteiger partial charge in [-0.1, -0.05) is 66.7 Å². The van der Waals surface area contributed by atoms with Gasteiger partial charge in [-0.05, 0) is 34.9 Å². The fourth-order valence-corrected chi connectivity index (χ4v) is 3.82. The lowest BCUT2D eigenvalue weighted by Crippen LogP contribution is -2.32. The van der Waals surface area contributed by atoms with Crippen molar-refractivity contribution in [2.75, 3.05) is 11.9 Å². The molecule has 1 aromatic heterocycles. The van der Waals surface area contributed by atoms with Crippen LogP contribution in [0.2, 0.25) is 0 Å². The topological polar surface area (TPSA) is 60.9 Å². The molecule has 1 atom stereocenters. The molecule has 0 bridgehead atoms. The lowest BCUT2D eigenvalue weighted by Gasteiger charge is -2.16. The highest BCUT2D eigenvalue weighted by molar-refractivity contribution is 5.79. The average molecular weight is 453 g/mol. The third-order valence-corrected chi connectivity index (χ3v) is 5.68. The zero-order valence-corrected chi connectivity index (χ0v) is 18.8. The van der Waals surface area contributed by atoms with Crippen molar-refractivity contribution in [1.29, 1.82) is 0 Å². The molecule has 6 nitrogen and oxygen atoms in total. The predicted octanol–water partition coefficient (Wildman–Crippen LogP) is 5.26. The molecule has 0 radical (unpaired) electrons. The van der Waals surface area contributed by atoms with Crippen molar-refractivity contribution in [1.82, 2.24) is 4.98 Å². The van der Waals surface area contributed by atoms with Gasteiger partial charge in [-0.25, -0.2) is 0 Å². The molecule has 6 heteroatoms. The summed E-state index contributed by atoms with van der Waals surface area (Å²) in [6, 6.07) is 29.5. The van der Waals surface area contributed by atoms with Crippen LogP contribution in [0.15, 0.2) is 91.0 Å². The van der Waals surface area contributed by atoms with E-state index in [9.17, 15) is 4.79 Å². The fourth-order valence-electron chi connectivity index (χ4n) is 3.82. The molecule has 0 spiro atoms. The highest BCUT2D eigenvalue weighted by atomic mass is 16.5. The molecule has 34 heavy (non-hydrogen) atoms. The third-order valence-electron chi connectivity index (χ3n) is 5.68. The number of rotatable bonds is 8. The first-order chi connectivity index (χ1) is 16.7. The first-order valence-corrected chi connectivity index (χ1v) is 11.0. The largest absolute Gasteiger partial charge is 0.473 e. The smallest absolute Gasteiger partial charge is 0.228 e. The second-order valence-corrected chi connectivity index (χ2v) is 7.99. The van der Waals surface area contributed by atoms with Gasteiger partial charge in [-0.3, -0.25) is 4.79 Å². The molecular weight excluding hydrogens is 428 g/mol. The summed E-state index contributed by atoms with van der Waals surface area (Å²) < 4.78 is 17.8. The van der Waals surface area contributed by atoms with Crippen molar-refractivity contribution < 1.29 is 19.0 Å². The number of carbonyl (C=O) groups is 1. The first kappa shape index (κ1) is 21.5. The Labute approximate surface area is 198 Å². The molecule has 0 saturated heterocycles. The maximum atomic E-state index is 11.3.